The van der Waals surface area contributed by atoms with E-state index in [0.29, 0.717) is 13.1 Å². The lowest BCUT2D eigenvalue weighted by atomic mass is 10.2. The standard InChI is InChI=1S/C13H12F3N2OS/c1-18(7-11-8-20-9-17-11)6-10-2-4-12(5-3-10)19-13(14,15)16/h2-5,8H,6-7H2,1H3. The van der Waals surface area contributed by atoms with Crippen LogP contribution < -0.4 is 4.74 Å². The van der Waals surface area contributed by atoms with Gasteiger partial charge in [-0.3, -0.25) is 4.90 Å². The average Bonchev–Trinajstić information content (AvgIpc) is 2.82. The zero-order chi connectivity index (χ0) is 14.6. The summed E-state index contributed by atoms with van der Waals surface area (Å²) in [5.74, 6) is -0.210. The van der Waals surface area contributed by atoms with Gasteiger partial charge in [0.25, 0.3) is 0 Å². The van der Waals surface area contributed by atoms with E-state index in [0.717, 1.165) is 11.3 Å². The van der Waals surface area contributed by atoms with Gasteiger partial charge in [-0.1, -0.05) is 12.1 Å². The van der Waals surface area contributed by atoms with Gasteiger partial charge in [-0.2, -0.15) is 0 Å². The minimum atomic E-state index is -4.65. The molecule has 1 heterocycles. The second-order valence-electron chi connectivity index (χ2n) is 4.29. The van der Waals surface area contributed by atoms with Gasteiger partial charge in [0.15, 0.2) is 5.51 Å². The number of rotatable bonds is 5. The van der Waals surface area contributed by atoms with E-state index in [4.69, 9.17) is 0 Å². The van der Waals surface area contributed by atoms with Gasteiger partial charge >= 0.3 is 6.36 Å². The molecule has 0 spiro atoms. The first-order valence-corrected chi connectivity index (χ1v) is 6.64. The van der Waals surface area contributed by atoms with Gasteiger partial charge in [0.2, 0.25) is 0 Å². The van der Waals surface area contributed by atoms with Crippen LogP contribution in [-0.4, -0.2) is 23.3 Å². The molecule has 0 saturated carbocycles. The first-order chi connectivity index (χ1) is 9.42. The van der Waals surface area contributed by atoms with Crippen LogP contribution in [-0.2, 0) is 13.1 Å². The maximum Gasteiger partial charge on any atom is 0.573 e. The highest BCUT2D eigenvalue weighted by atomic mass is 32.1. The third-order valence-corrected chi connectivity index (χ3v) is 3.06. The Hall–Kier alpha value is -1.60. The van der Waals surface area contributed by atoms with Crippen molar-refractivity contribution >= 4 is 11.3 Å². The van der Waals surface area contributed by atoms with Crippen molar-refractivity contribution in [2.45, 2.75) is 19.5 Å². The summed E-state index contributed by atoms with van der Waals surface area (Å²) in [4.78, 5) is 6.08. The molecule has 0 saturated heterocycles. The fourth-order valence-electron chi connectivity index (χ4n) is 1.72. The fraction of sp³-hybridized carbons (Fsp3) is 0.308. The molecule has 0 atom stereocenters. The van der Waals surface area contributed by atoms with Crippen molar-refractivity contribution < 1.29 is 17.9 Å². The minimum absolute atomic E-state index is 0.210. The summed E-state index contributed by atoms with van der Waals surface area (Å²) < 4.78 is 39.9. The van der Waals surface area contributed by atoms with Crippen LogP contribution in [0.4, 0.5) is 13.2 Å². The second kappa shape index (κ2) is 6.23. The Kier molecular flexibility index (Phi) is 4.61. The highest BCUT2D eigenvalue weighted by Crippen LogP contribution is 2.23. The second-order valence-corrected chi connectivity index (χ2v) is 4.95. The molecule has 1 aromatic carbocycles. The molecule has 3 nitrogen and oxygen atoms in total. The lowest BCUT2D eigenvalue weighted by Crippen LogP contribution is -2.18. The van der Waals surface area contributed by atoms with E-state index in [-0.39, 0.29) is 5.75 Å². The monoisotopic (exact) mass is 301 g/mol. The lowest BCUT2D eigenvalue weighted by Gasteiger charge is -2.15. The fourth-order valence-corrected chi connectivity index (χ4v) is 2.20. The number of aromatic nitrogens is 1. The molecule has 1 radical (unpaired) electrons. The van der Waals surface area contributed by atoms with Crippen molar-refractivity contribution in [2.75, 3.05) is 7.05 Å². The Bertz CT molecular complexity index is 526. The molecule has 0 bridgehead atoms. The molecular formula is C13H12F3N2OS. The number of nitrogens with zero attached hydrogens (tertiary/aromatic N) is 2. The summed E-state index contributed by atoms with van der Waals surface area (Å²) >= 11 is 1.41. The van der Waals surface area contributed by atoms with Crippen LogP contribution in [0.15, 0.2) is 29.6 Å². The van der Waals surface area contributed by atoms with E-state index in [1.54, 1.807) is 12.1 Å². The van der Waals surface area contributed by atoms with Crippen LogP contribution in [0.25, 0.3) is 0 Å². The Morgan fingerprint density at radius 2 is 1.95 bits per heavy atom. The zero-order valence-electron chi connectivity index (χ0n) is 10.6. The molecule has 7 heteroatoms. The lowest BCUT2D eigenvalue weighted by molar-refractivity contribution is -0.274. The maximum absolute atomic E-state index is 12.0. The molecule has 0 fully saturated rings. The van der Waals surface area contributed by atoms with Crippen molar-refractivity contribution in [1.29, 1.82) is 0 Å². The molecule has 0 amide bonds. The van der Waals surface area contributed by atoms with Gasteiger partial charge in [0.05, 0.1) is 5.69 Å². The largest absolute Gasteiger partial charge is 0.573 e. The van der Waals surface area contributed by atoms with Crippen LogP contribution >= 0.6 is 11.3 Å². The summed E-state index contributed by atoms with van der Waals surface area (Å²) in [6, 6.07) is 5.86. The van der Waals surface area contributed by atoms with Gasteiger partial charge in [0, 0.05) is 18.5 Å². The number of benzene rings is 1. The smallest absolute Gasteiger partial charge is 0.406 e. The van der Waals surface area contributed by atoms with Gasteiger partial charge in [0.1, 0.15) is 5.75 Å². The van der Waals surface area contributed by atoms with Crippen LogP contribution in [0.3, 0.4) is 0 Å². The maximum atomic E-state index is 12.0. The number of hydrogen-bond acceptors (Lipinski definition) is 4. The average molecular weight is 301 g/mol. The highest BCUT2D eigenvalue weighted by molar-refractivity contribution is 7.07. The molecular weight excluding hydrogens is 289 g/mol. The first-order valence-electron chi connectivity index (χ1n) is 5.76. The number of ether oxygens (including phenoxy) is 1. The zero-order valence-corrected chi connectivity index (χ0v) is 11.5. The van der Waals surface area contributed by atoms with Crippen molar-refractivity contribution in [3.05, 3.63) is 46.4 Å². The topological polar surface area (TPSA) is 25.4 Å². The van der Waals surface area contributed by atoms with Crippen LogP contribution in [0.2, 0.25) is 0 Å². The molecule has 0 aliphatic heterocycles. The van der Waals surface area contributed by atoms with Crippen molar-refractivity contribution in [2.24, 2.45) is 0 Å². The molecule has 0 aliphatic rings. The van der Waals surface area contributed by atoms with Crippen LogP contribution in [0.1, 0.15) is 11.3 Å². The summed E-state index contributed by atoms with van der Waals surface area (Å²) in [5.41, 5.74) is 4.60. The molecule has 20 heavy (non-hydrogen) atoms. The molecule has 107 valence electrons. The highest BCUT2D eigenvalue weighted by Gasteiger charge is 2.30. The predicted molar refractivity (Wildman–Crippen MR) is 69.2 cm³/mol. The Balaban J connectivity index is 1.90. The van der Waals surface area contributed by atoms with Crippen LogP contribution in [0, 0.1) is 5.51 Å². The van der Waals surface area contributed by atoms with E-state index < -0.39 is 6.36 Å². The Morgan fingerprint density at radius 1 is 1.25 bits per heavy atom. The van der Waals surface area contributed by atoms with Gasteiger partial charge in [-0.15, -0.1) is 24.5 Å². The van der Waals surface area contributed by atoms with Crippen molar-refractivity contribution in [3.8, 4) is 5.75 Å². The Morgan fingerprint density at radius 3 is 2.50 bits per heavy atom. The van der Waals surface area contributed by atoms with Gasteiger partial charge in [-0.25, -0.2) is 4.98 Å². The van der Waals surface area contributed by atoms with E-state index in [2.05, 4.69) is 15.2 Å². The predicted octanol–water partition coefficient (Wildman–Crippen LogP) is 3.47. The minimum Gasteiger partial charge on any atom is -0.406 e. The third kappa shape index (κ3) is 4.82. The molecule has 0 N–H and O–H groups in total. The number of alkyl halides is 3. The summed E-state index contributed by atoms with van der Waals surface area (Å²) in [6.45, 7) is 1.28. The van der Waals surface area contributed by atoms with E-state index >= 15 is 0 Å². The van der Waals surface area contributed by atoms with E-state index in [1.807, 2.05) is 17.3 Å². The molecule has 2 aromatic rings. The third-order valence-electron chi connectivity index (χ3n) is 2.48. The Labute approximate surface area is 118 Å². The number of thiazole rings is 1. The van der Waals surface area contributed by atoms with Crippen molar-refractivity contribution in [3.63, 3.8) is 0 Å². The van der Waals surface area contributed by atoms with Gasteiger partial charge in [-0.05, 0) is 24.7 Å². The molecule has 0 aliphatic carbocycles. The van der Waals surface area contributed by atoms with E-state index in [9.17, 15) is 13.2 Å². The number of hydrogen-bond donors (Lipinski definition) is 0. The molecule has 0 unspecified atom stereocenters. The summed E-state index contributed by atoms with van der Waals surface area (Å²) in [5, 5.41) is 1.91. The summed E-state index contributed by atoms with van der Waals surface area (Å²) in [7, 11) is 1.92. The summed E-state index contributed by atoms with van der Waals surface area (Å²) in [6.07, 6.45) is -4.65. The van der Waals surface area contributed by atoms with E-state index in [1.165, 1.54) is 23.5 Å². The molecule has 1 aromatic heterocycles. The quantitative estimate of drug-likeness (QED) is 0.845. The first kappa shape index (κ1) is 14.8. The van der Waals surface area contributed by atoms with Crippen LogP contribution in [0.5, 0.6) is 5.75 Å². The van der Waals surface area contributed by atoms with Crippen molar-refractivity contribution in [1.82, 2.24) is 9.88 Å². The van der Waals surface area contributed by atoms with Gasteiger partial charge < -0.3 is 4.74 Å². The molecule has 2 rings (SSSR count). The normalized spacial score (nSPS) is 11.8. The SMILES string of the molecule is CN(Cc1ccc(OC(F)(F)F)cc1)Cc1cs[c]n1. The number of halogens is 3.